The van der Waals surface area contributed by atoms with E-state index in [9.17, 15) is 4.79 Å². The van der Waals surface area contributed by atoms with Gasteiger partial charge < -0.3 is 19.8 Å². The van der Waals surface area contributed by atoms with Gasteiger partial charge in [0.05, 0.1) is 0 Å². The standard InChI is InChI=1S/C7H6O3.H4O2Si/c8-6-4-2-1-3-5(6)7(9)10;1-3-2/h1-4,8H,(H,9,10);1-2H,3H2. The molecule has 72 valence electrons. The first kappa shape index (κ1) is 11.6. The van der Waals surface area contributed by atoms with Crippen molar-refractivity contribution in [1.29, 1.82) is 0 Å². The van der Waals surface area contributed by atoms with Crippen LogP contribution in [0, 0.1) is 0 Å². The van der Waals surface area contributed by atoms with Gasteiger partial charge in [0, 0.05) is 0 Å². The van der Waals surface area contributed by atoms with Crippen LogP contribution in [0.4, 0.5) is 0 Å². The van der Waals surface area contributed by atoms with E-state index in [0.29, 0.717) is 0 Å². The molecule has 0 unspecified atom stereocenters. The molecule has 0 aromatic heterocycles. The Bertz CT molecular complexity index is 275. The molecule has 0 aliphatic rings. The molecule has 0 spiro atoms. The summed E-state index contributed by atoms with van der Waals surface area (Å²) in [6.45, 7) is 0. The van der Waals surface area contributed by atoms with Crippen LogP contribution in [-0.4, -0.2) is 35.8 Å². The first-order valence-corrected chi connectivity index (χ1v) is 4.63. The fourth-order valence-corrected chi connectivity index (χ4v) is 0.654. The monoisotopic (exact) mass is 202 g/mol. The van der Waals surface area contributed by atoms with Crippen molar-refractivity contribution in [1.82, 2.24) is 0 Å². The predicted molar refractivity (Wildman–Crippen MR) is 48.0 cm³/mol. The van der Waals surface area contributed by atoms with Crippen LogP contribution in [0.15, 0.2) is 24.3 Å². The molecule has 0 heterocycles. The van der Waals surface area contributed by atoms with Crippen LogP contribution in [0.25, 0.3) is 0 Å². The third kappa shape index (κ3) is 4.26. The lowest BCUT2D eigenvalue weighted by Gasteiger charge is -1.95. The molecular formula is C7H10O5Si. The van der Waals surface area contributed by atoms with E-state index in [0.717, 1.165) is 0 Å². The van der Waals surface area contributed by atoms with Crippen molar-refractivity contribution < 1.29 is 24.6 Å². The van der Waals surface area contributed by atoms with Gasteiger partial charge in [0.2, 0.25) is 0 Å². The number of carbonyl (C=O) groups is 1. The molecule has 0 saturated carbocycles. The van der Waals surface area contributed by atoms with Gasteiger partial charge in [-0.25, -0.2) is 4.79 Å². The molecule has 0 aliphatic carbocycles. The summed E-state index contributed by atoms with van der Waals surface area (Å²) in [5, 5.41) is 17.3. The van der Waals surface area contributed by atoms with Crippen molar-refractivity contribution >= 4 is 16.0 Å². The number of hydrogen-bond donors (Lipinski definition) is 4. The van der Waals surface area contributed by atoms with Gasteiger partial charge in [-0.15, -0.1) is 0 Å². The second-order valence-electron chi connectivity index (χ2n) is 1.96. The summed E-state index contributed by atoms with van der Waals surface area (Å²) in [5.41, 5.74) is -0.0671. The van der Waals surface area contributed by atoms with Crippen molar-refractivity contribution in [3.8, 4) is 5.75 Å². The summed E-state index contributed by atoms with van der Waals surface area (Å²) in [6, 6.07) is 5.81. The fraction of sp³-hybridized carbons (Fsp3) is 0. The van der Waals surface area contributed by atoms with Crippen LogP contribution in [0.1, 0.15) is 10.4 Å². The predicted octanol–water partition coefficient (Wildman–Crippen LogP) is -0.940. The maximum Gasteiger partial charge on any atom is 0.339 e. The molecule has 1 rings (SSSR count). The number of carboxylic acids is 1. The van der Waals surface area contributed by atoms with Gasteiger partial charge in [-0.05, 0) is 12.1 Å². The normalized spacial score (nSPS) is 8.46. The lowest BCUT2D eigenvalue weighted by atomic mass is 10.2. The Hall–Kier alpha value is -1.37. The Morgan fingerprint density at radius 1 is 1.23 bits per heavy atom. The minimum Gasteiger partial charge on any atom is -0.507 e. The molecule has 0 aliphatic heterocycles. The van der Waals surface area contributed by atoms with E-state index in [4.69, 9.17) is 19.8 Å². The van der Waals surface area contributed by atoms with Gasteiger partial charge in [-0.1, -0.05) is 12.1 Å². The topological polar surface area (TPSA) is 98.0 Å². The van der Waals surface area contributed by atoms with Crippen LogP contribution in [-0.2, 0) is 0 Å². The van der Waals surface area contributed by atoms with E-state index >= 15 is 0 Å². The smallest absolute Gasteiger partial charge is 0.339 e. The Balaban J connectivity index is 0.000000424. The number of aromatic hydroxyl groups is 1. The van der Waals surface area contributed by atoms with Gasteiger partial charge >= 0.3 is 5.97 Å². The highest BCUT2D eigenvalue weighted by atomic mass is 28.2. The molecule has 0 bridgehead atoms. The summed E-state index contributed by atoms with van der Waals surface area (Å²) in [6.07, 6.45) is 0. The van der Waals surface area contributed by atoms with E-state index in [-0.39, 0.29) is 11.3 Å². The zero-order valence-corrected chi connectivity index (χ0v) is 8.13. The van der Waals surface area contributed by atoms with Crippen molar-refractivity contribution in [3.05, 3.63) is 29.8 Å². The molecule has 1 aromatic rings. The van der Waals surface area contributed by atoms with Crippen LogP contribution in [0.2, 0.25) is 0 Å². The molecule has 13 heavy (non-hydrogen) atoms. The number of benzene rings is 1. The minimum atomic E-state index is -1.58. The Kier molecular flexibility index (Phi) is 5.52. The van der Waals surface area contributed by atoms with Gasteiger partial charge in [-0.3, -0.25) is 0 Å². The number of carboxylic acid groups (broad SMARTS) is 1. The Morgan fingerprint density at radius 2 is 1.69 bits per heavy atom. The molecule has 1 aromatic carbocycles. The summed E-state index contributed by atoms with van der Waals surface area (Å²) in [5.74, 6) is -1.31. The summed E-state index contributed by atoms with van der Waals surface area (Å²) >= 11 is 0. The van der Waals surface area contributed by atoms with Gasteiger partial charge in [0.15, 0.2) is 0 Å². The van der Waals surface area contributed by atoms with Crippen molar-refractivity contribution in [2.24, 2.45) is 0 Å². The van der Waals surface area contributed by atoms with Crippen LogP contribution in [0.5, 0.6) is 5.75 Å². The fourth-order valence-electron chi connectivity index (χ4n) is 0.654. The number of phenols is 1. The largest absolute Gasteiger partial charge is 0.507 e. The van der Waals surface area contributed by atoms with Crippen molar-refractivity contribution in [3.63, 3.8) is 0 Å². The molecule has 4 N–H and O–H groups in total. The second-order valence-corrected chi connectivity index (χ2v) is 2.25. The maximum absolute atomic E-state index is 10.3. The van der Waals surface area contributed by atoms with Gasteiger partial charge in [0.25, 0.3) is 10.0 Å². The SMILES string of the molecule is O=C(O)c1ccccc1O.O[SiH2]O. The van der Waals surface area contributed by atoms with E-state index in [1.54, 1.807) is 12.1 Å². The molecule has 0 fully saturated rings. The summed E-state index contributed by atoms with van der Waals surface area (Å²) in [7, 11) is -1.58. The Labute approximate surface area is 77.0 Å². The molecule has 5 nitrogen and oxygen atoms in total. The number of hydrogen-bond acceptors (Lipinski definition) is 4. The molecule has 6 heteroatoms. The highest BCUT2D eigenvalue weighted by molar-refractivity contribution is 6.13. The summed E-state index contributed by atoms with van der Waals surface area (Å²) in [4.78, 5) is 24.8. The number of rotatable bonds is 1. The second kappa shape index (κ2) is 6.18. The third-order valence-corrected chi connectivity index (χ3v) is 1.13. The van der Waals surface area contributed by atoms with Crippen LogP contribution < -0.4 is 0 Å². The highest BCUT2D eigenvalue weighted by Crippen LogP contribution is 2.14. The molecule has 0 amide bonds. The first-order chi connectivity index (χ1) is 6.13. The third-order valence-electron chi connectivity index (χ3n) is 1.13. The zero-order valence-electron chi connectivity index (χ0n) is 6.71. The van der Waals surface area contributed by atoms with Crippen molar-refractivity contribution in [2.45, 2.75) is 0 Å². The van der Waals surface area contributed by atoms with Gasteiger partial charge in [0.1, 0.15) is 11.3 Å². The van der Waals surface area contributed by atoms with E-state index < -0.39 is 16.0 Å². The molecule has 0 saturated heterocycles. The minimum absolute atomic E-state index is 0.0671. The highest BCUT2D eigenvalue weighted by Gasteiger charge is 2.05. The lowest BCUT2D eigenvalue weighted by Crippen LogP contribution is -1.95. The summed E-state index contributed by atoms with van der Waals surface area (Å²) < 4.78 is 0. The van der Waals surface area contributed by atoms with Crippen molar-refractivity contribution in [2.75, 3.05) is 0 Å². The van der Waals surface area contributed by atoms with E-state index in [1.165, 1.54) is 12.1 Å². The van der Waals surface area contributed by atoms with E-state index in [1.807, 2.05) is 0 Å². The first-order valence-electron chi connectivity index (χ1n) is 3.36. The molecule has 0 radical (unpaired) electrons. The average Bonchev–Trinajstić information content (AvgIpc) is 2.06. The lowest BCUT2D eigenvalue weighted by molar-refractivity contribution is 0.0693. The quantitative estimate of drug-likeness (QED) is 0.441. The number of aromatic carboxylic acids is 1. The Morgan fingerprint density at radius 3 is 2.00 bits per heavy atom. The van der Waals surface area contributed by atoms with Crippen LogP contribution >= 0.6 is 0 Å². The maximum atomic E-state index is 10.3. The number of para-hydroxylation sites is 1. The molecular weight excluding hydrogens is 192 g/mol. The van der Waals surface area contributed by atoms with Gasteiger partial charge in [-0.2, -0.15) is 0 Å². The molecule has 0 atom stereocenters. The van der Waals surface area contributed by atoms with Crippen LogP contribution in [0.3, 0.4) is 0 Å². The van der Waals surface area contributed by atoms with E-state index in [2.05, 4.69) is 0 Å². The average molecular weight is 202 g/mol. The zero-order chi connectivity index (χ0) is 10.3.